The SMILES string of the molecule is CN(C(=O)OC(C)(C)C)C1CCN(C(=O)c2cccc3c(B4OC(C)(C)C(C)(C)O4)cccc23)CC1. The molecule has 4 rings (SSSR count). The Hall–Kier alpha value is -2.58. The predicted molar refractivity (Wildman–Crippen MR) is 143 cm³/mol. The number of piperidine rings is 1. The maximum absolute atomic E-state index is 13.6. The molecule has 2 fully saturated rings. The van der Waals surface area contributed by atoms with E-state index in [2.05, 4.69) is 0 Å². The normalized spacial score (nSPS) is 20.0. The molecule has 0 aliphatic carbocycles. The van der Waals surface area contributed by atoms with Crippen molar-refractivity contribution in [3.8, 4) is 0 Å². The van der Waals surface area contributed by atoms with Gasteiger partial charge < -0.3 is 23.8 Å². The van der Waals surface area contributed by atoms with Gasteiger partial charge in [-0.1, -0.05) is 30.3 Å². The topological polar surface area (TPSA) is 68.3 Å². The number of carbonyl (C=O) groups is 2. The number of amides is 2. The second kappa shape index (κ2) is 9.38. The van der Waals surface area contributed by atoms with Crippen molar-refractivity contribution in [2.45, 2.75) is 84.2 Å². The van der Waals surface area contributed by atoms with Crippen molar-refractivity contribution in [3.05, 3.63) is 42.0 Å². The lowest BCUT2D eigenvalue weighted by atomic mass is 9.75. The average molecular weight is 494 g/mol. The van der Waals surface area contributed by atoms with Gasteiger partial charge in [0.2, 0.25) is 0 Å². The third-order valence-electron chi connectivity index (χ3n) is 7.67. The molecule has 0 aromatic heterocycles. The van der Waals surface area contributed by atoms with Gasteiger partial charge in [-0.2, -0.15) is 0 Å². The second-order valence-electron chi connectivity index (χ2n) is 12.0. The molecule has 2 saturated heterocycles. The van der Waals surface area contributed by atoms with Crippen molar-refractivity contribution >= 4 is 35.4 Å². The lowest BCUT2D eigenvalue weighted by Gasteiger charge is -2.37. The van der Waals surface area contributed by atoms with Crippen LogP contribution in [0.4, 0.5) is 4.79 Å². The summed E-state index contributed by atoms with van der Waals surface area (Å²) >= 11 is 0. The van der Waals surface area contributed by atoms with Crippen molar-refractivity contribution in [1.82, 2.24) is 9.80 Å². The summed E-state index contributed by atoms with van der Waals surface area (Å²) in [7, 11) is 1.28. The second-order valence-corrected chi connectivity index (χ2v) is 12.0. The van der Waals surface area contributed by atoms with E-state index in [9.17, 15) is 9.59 Å². The van der Waals surface area contributed by atoms with E-state index in [0.717, 1.165) is 16.2 Å². The highest BCUT2D eigenvalue weighted by atomic mass is 16.7. The number of ether oxygens (including phenoxy) is 1. The van der Waals surface area contributed by atoms with Gasteiger partial charge >= 0.3 is 13.2 Å². The number of rotatable bonds is 3. The minimum absolute atomic E-state index is 0.00467. The van der Waals surface area contributed by atoms with Crippen molar-refractivity contribution < 1.29 is 23.6 Å². The summed E-state index contributed by atoms with van der Waals surface area (Å²) in [5.41, 5.74) is 0.187. The Labute approximate surface area is 215 Å². The Morgan fingerprint density at radius 2 is 1.53 bits per heavy atom. The molecule has 36 heavy (non-hydrogen) atoms. The number of hydrogen-bond acceptors (Lipinski definition) is 5. The van der Waals surface area contributed by atoms with Crippen LogP contribution in [0.15, 0.2) is 36.4 Å². The van der Waals surface area contributed by atoms with Crippen LogP contribution in [0.5, 0.6) is 0 Å². The van der Waals surface area contributed by atoms with Gasteiger partial charge in [0, 0.05) is 31.7 Å². The van der Waals surface area contributed by atoms with Gasteiger partial charge in [-0.3, -0.25) is 4.79 Å². The highest BCUT2D eigenvalue weighted by Gasteiger charge is 2.52. The van der Waals surface area contributed by atoms with Gasteiger partial charge in [0.05, 0.1) is 11.2 Å². The molecule has 8 heteroatoms. The number of nitrogens with zero attached hydrogens (tertiary/aromatic N) is 2. The fourth-order valence-electron chi connectivity index (χ4n) is 4.81. The van der Waals surface area contributed by atoms with Crippen LogP contribution < -0.4 is 5.46 Å². The van der Waals surface area contributed by atoms with Gasteiger partial charge in [0.25, 0.3) is 5.91 Å². The highest BCUT2D eigenvalue weighted by molar-refractivity contribution is 6.65. The first-order valence-electron chi connectivity index (χ1n) is 12.8. The minimum Gasteiger partial charge on any atom is -0.444 e. The van der Waals surface area contributed by atoms with Gasteiger partial charge in [-0.15, -0.1) is 0 Å². The van der Waals surface area contributed by atoms with Crippen LogP contribution in [0, 0.1) is 0 Å². The molecule has 2 heterocycles. The molecular formula is C28H39BN2O5. The van der Waals surface area contributed by atoms with Crippen molar-refractivity contribution in [2.24, 2.45) is 0 Å². The summed E-state index contributed by atoms with van der Waals surface area (Å²) in [4.78, 5) is 29.6. The monoisotopic (exact) mass is 494 g/mol. The summed E-state index contributed by atoms with van der Waals surface area (Å²) in [6.45, 7) is 14.9. The lowest BCUT2D eigenvalue weighted by Crippen LogP contribution is -2.48. The summed E-state index contributed by atoms with van der Waals surface area (Å²) < 4.78 is 18.1. The molecule has 0 spiro atoms. The van der Waals surface area contributed by atoms with Crippen molar-refractivity contribution in [1.29, 1.82) is 0 Å². The van der Waals surface area contributed by atoms with Crippen LogP contribution in [0.3, 0.4) is 0 Å². The lowest BCUT2D eigenvalue weighted by molar-refractivity contribution is 0.00578. The van der Waals surface area contributed by atoms with E-state index in [1.54, 1.807) is 11.9 Å². The Balaban J connectivity index is 1.51. The molecular weight excluding hydrogens is 455 g/mol. The van der Waals surface area contributed by atoms with E-state index >= 15 is 0 Å². The molecule has 0 saturated carbocycles. The summed E-state index contributed by atoms with van der Waals surface area (Å²) in [6, 6.07) is 11.8. The molecule has 2 aromatic rings. The van der Waals surface area contributed by atoms with E-state index in [-0.39, 0.29) is 18.0 Å². The Morgan fingerprint density at radius 3 is 2.11 bits per heavy atom. The number of carbonyl (C=O) groups excluding carboxylic acids is 2. The zero-order valence-electron chi connectivity index (χ0n) is 22.9. The number of likely N-dealkylation sites (tertiary alicyclic amines) is 1. The first-order chi connectivity index (χ1) is 16.7. The first kappa shape index (κ1) is 26.5. The van der Waals surface area contributed by atoms with E-state index in [0.29, 0.717) is 31.5 Å². The molecule has 7 nitrogen and oxygen atoms in total. The van der Waals surface area contributed by atoms with Crippen LogP contribution in [0.25, 0.3) is 10.8 Å². The highest BCUT2D eigenvalue weighted by Crippen LogP contribution is 2.37. The Bertz CT molecular complexity index is 1130. The molecule has 194 valence electrons. The summed E-state index contributed by atoms with van der Waals surface area (Å²) in [5.74, 6) is 0.00467. The van der Waals surface area contributed by atoms with E-state index in [1.165, 1.54) is 0 Å². The number of fused-ring (bicyclic) bond motifs is 1. The van der Waals surface area contributed by atoms with E-state index < -0.39 is 23.9 Å². The van der Waals surface area contributed by atoms with Gasteiger partial charge in [-0.25, -0.2) is 4.79 Å². The van der Waals surface area contributed by atoms with Crippen molar-refractivity contribution in [2.75, 3.05) is 20.1 Å². The maximum atomic E-state index is 13.6. The number of benzene rings is 2. The quantitative estimate of drug-likeness (QED) is 0.583. The minimum atomic E-state index is -0.532. The largest absolute Gasteiger partial charge is 0.495 e. The standard InChI is InChI=1S/C28H39BN2O5/c1-26(2,3)34-25(33)30(8)19-15-17-31(18-16-19)24(32)22-13-9-12-21-20(22)11-10-14-23(21)29-35-27(4,5)28(6,7)36-29/h9-14,19H,15-18H2,1-8H3. The molecule has 0 unspecified atom stereocenters. The predicted octanol–water partition coefficient (Wildman–Crippen LogP) is 4.61. The van der Waals surface area contributed by atoms with Crippen molar-refractivity contribution in [3.63, 3.8) is 0 Å². The third-order valence-corrected chi connectivity index (χ3v) is 7.67. The molecule has 2 aliphatic rings. The molecule has 0 N–H and O–H groups in total. The summed E-state index contributed by atoms with van der Waals surface area (Å²) in [6.07, 6.45) is 1.10. The van der Waals surface area contributed by atoms with Crippen LogP contribution in [0.2, 0.25) is 0 Å². The average Bonchev–Trinajstić information content (AvgIpc) is 3.02. The molecule has 0 bridgehead atoms. The van der Waals surface area contributed by atoms with Crippen LogP contribution >= 0.6 is 0 Å². The van der Waals surface area contributed by atoms with Crippen LogP contribution in [0.1, 0.15) is 71.7 Å². The van der Waals surface area contributed by atoms with E-state index in [4.69, 9.17) is 14.0 Å². The molecule has 2 amide bonds. The molecule has 0 atom stereocenters. The first-order valence-corrected chi connectivity index (χ1v) is 12.8. The Kier molecular flexibility index (Phi) is 6.90. The fraction of sp³-hybridized carbons (Fsp3) is 0.571. The zero-order valence-corrected chi connectivity index (χ0v) is 22.9. The molecule has 0 radical (unpaired) electrons. The third kappa shape index (κ3) is 5.11. The Morgan fingerprint density at radius 1 is 0.972 bits per heavy atom. The fourth-order valence-corrected chi connectivity index (χ4v) is 4.81. The zero-order chi connectivity index (χ0) is 26.5. The number of hydrogen-bond donors (Lipinski definition) is 0. The molecule has 2 aliphatic heterocycles. The maximum Gasteiger partial charge on any atom is 0.495 e. The molecule has 2 aromatic carbocycles. The van der Waals surface area contributed by atoms with Gasteiger partial charge in [0.15, 0.2) is 0 Å². The van der Waals surface area contributed by atoms with Crippen LogP contribution in [-0.2, 0) is 14.0 Å². The van der Waals surface area contributed by atoms with Gasteiger partial charge in [0.1, 0.15) is 5.60 Å². The van der Waals surface area contributed by atoms with Crippen LogP contribution in [-0.4, -0.2) is 71.9 Å². The smallest absolute Gasteiger partial charge is 0.444 e. The van der Waals surface area contributed by atoms with E-state index in [1.807, 2.05) is 89.8 Å². The van der Waals surface area contributed by atoms with Gasteiger partial charge in [-0.05, 0) is 83.6 Å². The summed E-state index contributed by atoms with van der Waals surface area (Å²) in [5, 5.41) is 1.85.